The average Bonchev–Trinajstić information content (AvgIpc) is 2.16. The van der Waals surface area contributed by atoms with Crippen LogP contribution in [-0.2, 0) is 9.47 Å². The van der Waals surface area contributed by atoms with Crippen LogP contribution in [0.15, 0.2) is 0 Å². The maximum atomic E-state index is 5.34. The van der Waals surface area contributed by atoms with Gasteiger partial charge in [0.2, 0.25) is 0 Å². The predicted octanol–water partition coefficient (Wildman–Crippen LogP) is 1.43. The van der Waals surface area contributed by atoms with E-state index in [1.807, 2.05) is 0 Å². The van der Waals surface area contributed by atoms with E-state index in [-0.39, 0.29) is 0 Å². The first-order valence-electron chi connectivity index (χ1n) is 5.28. The molecule has 0 aromatic heterocycles. The first-order valence-corrected chi connectivity index (χ1v) is 5.28. The van der Waals surface area contributed by atoms with Crippen LogP contribution in [0.25, 0.3) is 0 Å². The zero-order chi connectivity index (χ0) is 9.78. The Hall–Kier alpha value is -0.120. The number of unbranched alkanes of at least 4 members (excludes halogenated alkanes) is 1. The van der Waals surface area contributed by atoms with E-state index in [1.165, 1.54) is 6.42 Å². The fourth-order valence-corrected chi connectivity index (χ4v) is 0.889. The van der Waals surface area contributed by atoms with Gasteiger partial charge < -0.3 is 14.8 Å². The summed E-state index contributed by atoms with van der Waals surface area (Å²) >= 11 is 0. The second kappa shape index (κ2) is 11.9. The van der Waals surface area contributed by atoms with E-state index in [0.29, 0.717) is 0 Å². The van der Waals surface area contributed by atoms with Gasteiger partial charge in [0.05, 0.1) is 19.8 Å². The second-order valence-electron chi connectivity index (χ2n) is 2.93. The van der Waals surface area contributed by atoms with Gasteiger partial charge in [-0.15, -0.1) is 0 Å². The molecule has 0 aliphatic heterocycles. The Bertz CT molecular complexity index is 79.0. The smallest absolute Gasteiger partial charge is 0.0701 e. The average molecular weight is 189 g/mol. The lowest BCUT2D eigenvalue weighted by Gasteiger charge is -2.05. The van der Waals surface area contributed by atoms with Crippen molar-refractivity contribution in [3.05, 3.63) is 0 Å². The zero-order valence-electron chi connectivity index (χ0n) is 8.97. The molecule has 13 heavy (non-hydrogen) atoms. The standard InChI is InChI=1S/C10H23NO2/c1-3-5-7-12-9-10-13-8-6-11-4-2/h11H,3-10H2,1-2H3. The molecule has 0 aliphatic rings. The highest BCUT2D eigenvalue weighted by Crippen LogP contribution is 1.87. The van der Waals surface area contributed by atoms with Gasteiger partial charge >= 0.3 is 0 Å². The lowest BCUT2D eigenvalue weighted by Crippen LogP contribution is -2.20. The van der Waals surface area contributed by atoms with Crippen LogP contribution in [0, 0.1) is 0 Å². The molecule has 80 valence electrons. The van der Waals surface area contributed by atoms with Crippen LogP contribution < -0.4 is 5.32 Å². The molecule has 0 saturated carbocycles. The first kappa shape index (κ1) is 12.9. The molecule has 0 atom stereocenters. The van der Waals surface area contributed by atoms with Gasteiger partial charge in [0.1, 0.15) is 0 Å². The van der Waals surface area contributed by atoms with Crippen LogP contribution in [0.2, 0.25) is 0 Å². The summed E-state index contributed by atoms with van der Waals surface area (Å²) < 4.78 is 10.7. The third kappa shape index (κ3) is 11.9. The van der Waals surface area contributed by atoms with Gasteiger partial charge in [-0.1, -0.05) is 20.3 Å². The summed E-state index contributed by atoms with van der Waals surface area (Å²) in [6, 6.07) is 0. The van der Waals surface area contributed by atoms with Crippen molar-refractivity contribution < 1.29 is 9.47 Å². The molecule has 0 aromatic rings. The molecule has 0 amide bonds. The van der Waals surface area contributed by atoms with E-state index < -0.39 is 0 Å². The first-order chi connectivity index (χ1) is 6.41. The molecular weight excluding hydrogens is 166 g/mol. The minimum atomic E-state index is 0.717. The fourth-order valence-electron chi connectivity index (χ4n) is 0.889. The number of hydrogen-bond donors (Lipinski definition) is 1. The van der Waals surface area contributed by atoms with Crippen molar-refractivity contribution in [2.24, 2.45) is 0 Å². The molecule has 0 aliphatic carbocycles. The van der Waals surface area contributed by atoms with Crippen molar-refractivity contribution in [2.75, 3.05) is 39.5 Å². The monoisotopic (exact) mass is 189 g/mol. The Labute approximate surface area is 81.8 Å². The summed E-state index contributed by atoms with van der Waals surface area (Å²) in [5.74, 6) is 0. The third-order valence-corrected chi connectivity index (χ3v) is 1.69. The van der Waals surface area contributed by atoms with E-state index in [4.69, 9.17) is 9.47 Å². The molecule has 0 radical (unpaired) electrons. The Balaban J connectivity index is 2.76. The maximum Gasteiger partial charge on any atom is 0.0701 e. The van der Waals surface area contributed by atoms with Crippen molar-refractivity contribution in [3.63, 3.8) is 0 Å². The summed E-state index contributed by atoms with van der Waals surface area (Å²) in [6.45, 7) is 9.30. The Morgan fingerprint density at radius 2 is 1.62 bits per heavy atom. The number of likely N-dealkylation sites (N-methyl/N-ethyl adjacent to an activating group) is 1. The molecule has 0 saturated heterocycles. The lowest BCUT2D eigenvalue weighted by molar-refractivity contribution is 0.0479. The molecule has 3 nitrogen and oxygen atoms in total. The highest BCUT2D eigenvalue weighted by atomic mass is 16.5. The molecule has 0 rings (SSSR count). The van der Waals surface area contributed by atoms with Gasteiger partial charge in [-0.05, 0) is 13.0 Å². The largest absolute Gasteiger partial charge is 0.379 e. The summed E-state index contributed by atoms with van der Waals surface area (Å²) in [7, 11) is 0. The molecule has 0 aromatic carbocycles. The molecule has 1 N–H and O–H groups in total. The van der Waals surface area contributed by atoms with Gasteiger partial charge in [-0.25, -0.2) is 0 Å². The van der Waals surface area contributed by atoms with Crippen molar-refractivity contribution in [1.82, 2.24) is 5.32 Å². The van der Waals surface area contributed by atoms with Gasteiger partial charge in [-0.3, -0.25) is 0 Å². The minimum Gasteiger partial charge on any atom is -0.379 e. The van der Waals surface area contributed by atoms with E-state index >= 15 is 0 Å². The molecule has 0 spiro atoms. The molecule has 0 unspecified atom stereocenters. The van der Waals surface area contributed by atoms with Crippen LogP contribution in [0.1, 0.15) is 26.7 Å². The van der Waals surface area contributed by atoms with Gasteiger partial charge in [-0.2, -0.15) is 0 Å². The second-order valence-corrected chi connectivity index (χ2v) is 2.93. The summed E-state index contributed by atoms with van der Waals surface area (Å²) in [5.41, 5.74) is 0. The SMILES string of the molecule is CCCCOCCOCCNCC. The summed E-state index contributed by atoms with van der Waals surface area (Å²) in [5, 5.41) is 3.19. The maximum absolute atomic E-state index is 5.34. The topological polar surface area (TPSA) is 30.5 Å². The van der Waals surface area contributed by atoms with Crippen LogP contribution in [0.4, 0.5) is 0 Å². The molecule has 0 bridgehead atoms. The van der Waals surface area contributed by atoms with Crippen LogP contribution in [0.3, 0.4) is 0 Å². The Morgan fingerprint density at radius 1 is 0.923 bits per heavy atom. The normalized spacial score (nSPS) is 10.6. The van der Waals surface area contributed by atoms with Crippen molar-refractivity contribution in [3.8, 4) is 0 Å². The number of ether oxygens (including phenoxy) is 2. The number of nitrogens with one attached hydrogen (secondary N) is 1. The number of hydrogen-bond acceptors (Lipinski definition) is 3. The zero-order valence-corrected chi connectivity index (χ0v) is 8.97. The van der Waals surface area contributed by atoms with E-state index in [0.717, 1.165) is 45.9 Å². The summed E-state index contributed by atoms with van der Waals surface area (Å²) in [4.78, 5) is 0. The van der Waals surface area contributed by atoms with Gasteiger partial charge in [0, 0.05) is 13.2 Å². The Morgan fingerprint density at radius 3 is 2.23 bits per heavy atom. The highest BCUT2D eigenvalue weighted by Gasteiger charge is 1.89. The predicted molar refractivity (Wildman–Crippen MR) is 55.1 cm³/mol. The van der Waals surface area contributed by atoms with E-state index in [1.54, 1.807) is 0 Å². The van der Waals surface area contributed by atoms with Crippen molar-refractivity contribution in [2.45, 2.75) is 26.7 Å². The van der Waals surface area contributed by atoms with Crippen LogP contribution in [0.5, 0.6) is 0 Å². The van der Waals surface area contributed by atoms with E-state index in [2.05, 4.69) is 19.2 Å². The molecule has 0 heterocycles. The summed E-state index contributed by atoms with van der Waals surface area (Å²) in [6.07, 6.45) is 2.35. The van der Waals surface area contributed by atoms with Gasteiger partial charge in [0.15, 0.2) is 0 Å². The van der Waals surface area contributed by atoms with Crippen LogP contribution in [-0.4, -0.2) is 39.5 Å². The quantitative estimate of drug-likeness (QED) is 0.527. The van der Waals surface area contributed by atoms with Gasteiger partial charge in [0.25, 0.3) is 0 Å². The molecular formula is C10H23NO2. The third-order valence-electron chi connectivity index (χ3n) is 1.69. The highest BCUT2D eigenvalue weighted by molar-refractivity contribution is 4.40. The Kier molecular flexibility index (Phi) is 11.8. The molecule has 0 fully saturated rings. The minimum absolute atomic E-state index is 0.717. The van der Waals surface area contributed by atoms with Crippen molar-refractivity contribution >= 4 is 0 Å². The number of rotatable bonds is 10. The van der Waals surface area contributed by atoms with E-state index in [9.17, 15) is 0 Å². The lowest BCUT2D eigenvalue weighted by atomic mass is 10.4. The fraction of sp³-hybridized carbons (Fsp3) is 1.00. The van der Waals surface area contributed by atoms with Crippen LogP contribution >= 0.6 is 0 Å². The van der Waals surface area contributed by atoms with Crippen molar-refractivity contribution in [1.29, 1.82) is 0 Å². The molecule has 3 heteroatoms.